The minimum absolute atomic E-state index is 0.370. The molecule has 0 fully saturated rings. The number of hydrogen-bond donors (Lipinski definition) is 0. The maximum Gasteiger partial charge on any atom is 0.339 e. The van der Waals surface area contributed by atoms with Gasteiger partial charge in [-0.1, -0.05) is 19.1 Å². The van der Waals surface area contributed by atoms with Crippen molar-refractivity contribution in [2.75, 3.05) is 7.11 Å². The Morgan fingerprint density at radius 1 is 1.25 bits per heavy atom. The van der Waals surface area contributed by atoms with Gasteiger partial charge < -0.3 is 9.47 Å². The Hall–Kier alpha value is -2.36. The molecule has 2 rings (SSSR count). The zero-order valence-electron chi connectivity index (χ0n) is 11.6. The van der Waals surface area contributed by atoms with E-state index in [-0.39, 0.29) is 5.97 Å². The number of nitrogens with zero attached hydrogens (tertiary/aromatic N) is 1. The summed E-state index contributed by atoms with van der Waals surface area (Å²) in [5, 5.41) is 0. The third-order valence-electron chi connectivity index (χ3n) is 2.94. The number of aromatic nitrogens is 1. The van der Waals surface area contributed by atoms with Crippen molar-refractivity contribution in [3.05, 3.63) is 59.4 Å². The molecule has 0 amide bonds. The Labute approximate surface area is 118 Å². The number of carbonyl (C=O) groups is 1. The number of aryl methyl sites for hydroxylation is 1. The second kappa shape index (κ2) is 6.70. The minimum atomic E-state index is -0.388. The molecule has 1 aromatic carbocycles. The summed E-state index contributed by atoms with van der Waals surface area (Å²) in [5.74, 6) is 0.434. The van der Waals surface area contributed by atoms with E-state index in [1.54, 1.807) is 12.1 Å². The van der Waals surface area contributed by atoms with Crippen LogP contribution in [0.4, 0.5) is 0 Å². The highest BCUT2D eigenvalue weighted by molar-refractivity contribution is 5.88. The Bertz CT molecular complexity index is 579. The smallest absolute Gasteiger partial charge is 0.339 e. The largest absolute Gasteiger partial charge is 0.487 e. The summed E-state index contributed by atoms with van der Waals surface area (Å²) in [4.78, 5) is 15.5. The standard InChI is InChI=1S/C16H17NO3/c1-3-12-5-4-6-15(9-12)20-11-14-8-7-13(10-17-14)16(18)19-2/h4-10H,3,11H2,1-2H3. The van der Waals surface area contributed by atoms with Crippen LogP contribution in [0, 0.1) is 0 Å². The first-order chi connectivity index (χ1) is 9.72. The molecule has 0 spiro atoms. The number of hydrogen-bond acceptors (Lipinski definition) is 4. The lowest BCUT2D eigenvalue weighted by atomic mass is 10.2. The van der Waals surface area contributed by atoms with E-state index >= 15 is 0 Å². The minimum Gasteiger partial charge on any atom is -0.487 e. The van der Waals surface area contributed by atoms with E-state index in [1.807, 2.05) is 18.2 Å². The van der Waals surface area contributed by atoms with Crippen molar-refractivity contribution in [2.45, 2.75) is 20.0 Å². The lowest BCUT2D eigenvalue weighted by molar-refractivity contribution is 0.0600. The summed E-state index contributed by atoms with van der Waals surface area (Å²) in [5.41, 5.74) is 2.43. The molecule has 20 heavy (non-hydrogen) atoms. The predicted octanol–water partition coefficient (Wildman–Crippen LogP) is 3.01. The summed E-state index contributed by atoms with van der Waals surface area (Å²) in [6.07, 6.45) is 2.47. The summed E-state index contributed by atoms with van der Waals surface area (Å²) < 4.78 is 10.3. The number of benzene rings is 1. The van der Waals surface area contributed by atoms with Crippen LogP contribution in [-0.2, 0) is 17.8 Å². The lowest BCUT2D eigenvalue weighted by Gasteiger charge is -2.07. The first kappa shape index (κ1) is 14.1. The average molecular weight is 271 g/mol. The Morgan fingerprint density at radius 3 is 2.75 bits per heavy atom. The molecule has 2 aromatic rings. The van der Waals surface area contributed by atoms with E-state index in [0.29, 0.717) is 12.2 Å². The zero-order valence-corrected chi connectivity index (χ0v) is 11.6. The summed E-state index contributed by atoms with van der Waals surface area (Å²) in [7, 11) is 1.35. The van der Waals surface area contributed by atoms with Crippen molar-refractivity contribution in [2.24, 2.45) is 0 Å². The van der Waals surface area contributed by atoms with Gasteiger partial charge in [-0.15, -0.1) is 0 Å². The van der Waals surface area contributed by atoms with Gasteiger partial charge in [0.15, 0.2) is 0 Å². The summed E-state index contributed by atoms with van der Waals surface area (Å²) >= 11 is 0. The first-order valence-electron chi connectivity index (χ1n) is 6.48. The third kappa shape index (κ3) is 3.57. The molecule has 0 saturated carbocycles. The van der Waals surface area contributed by atoms with Crippen LogP contribution < -0.4 is 4.74 Å². The van der Waals surface area contributed by atoms with Gasteiger partial charge in [0.2, 0.25) is 0 Å². The fourth-order valence-corrected chi connectivity index (χ4v) is 1.76. The van der Waals surface area contributed by atoms with E-state index in [1.165, 1.54) is 18.9 Å². The number of esters is 1. The van der Waals surface area contributed by atoms with E-state index in [4.69, 9.17) is 4.74 Å². The molecule has 0 aliphatic heterocycles. The molecular formula is C16H17NO3. The molecule has 0 aliphatic rings. The third-order valence-corrected chi connectivity index (χ3v) is 2.94. The molecule has 1 aromatic heterocycles. The fraction of sp³-hybridized carbons (Fsp3) is 0.250. The monoisotopic (exact) mass is 271 g/mol. The lowest BCUT2D eigenvalue weighted by Crippen LogP contribution is -2.04. The second-order valence-electron chi connectivity index (χ2n) is 4.32. The van der Waals surface area contributed by atoms with Crippen LogP contribution in [0.2, 0.25) is 0 Å². The number of ether oxygens (including phenoxy) is 2. The normalized spacial score (nSPS) is 10.1. The highest BCUT2D eigenvalue weighted by Gasteiger charge is 2.05. The molecule has 0 N–H and O–H groups in total. The van der Waals surface area contributed by atoms with Crippen LogP contribution in [0.25, 0.3) is 0 Å². The van der Waals surface area contributed by atoms with Gasteiger partial charge in [-0.2, -0.15) is 0 Å². The quantitative estimate of drug-likeness (QED) is 0.784. The summed E-state index contributed by atoms with van der Waals surface area (Å²) in [6, 6.07) is 11.4. The van der Waals surface area contributed by atoms with Crippen molar-refractivity contribution in [1.82, 2.24) is 4.98 Å². The topological polar surface area (TPSA) is 48.4 Å². The van der Waals surface area contributed by atoms with Crippen molar-refractivity contribution < 1.29 is 14.3 Å². The molecule has 4 heteroatoms. The van der Waals surface area contributed by atoms with Crippen LogP contribution in [0.1, 0.15) is 28.5 Å². The van der Waals surface area contributed by atoms with Gasteiger partial charge in [0.1, 0.15) is 12.4 Å². The van der Waals surface area contributed by atoms with Crippen LogP contribution in [-0.4, -0.2) is 18.1 Å². The maximum atomic E-state index is 11.3. The molecule has 1 heterocycles. The van der Waals surface area contributed by atoms with E-state index < -0.39 is 0 Å². The predicted molar refractivity (Wildman–Crippen MR) is 75.7 cm³/mol. The van der Waals surface area contributed by atoms with Gasteiger partial charge in [0.25, 0.3) is 0 Å². The van der Waals surface area contributed by atoms with Crippen LogP contribution in [0.3, 0.4) is 0 Å². The van der Waals surface area contributed by atoms with Crippen molar-refractivity contribution in [1.29, 1.82) is 0 Å². The van der Waals surface area contributed by atoms with Gasteiger partial charge >= 0.3 is 5.97 Å². The van der Waals surface area contributed by atoms with E-state index in [2.05, 4.69) is 22.7 Å². The first-order valence-corrected chi connectivity index (χ1v) is 6.48. The molecule has 0 bridgehead atoms. The Morgan fingerprint density at radius 2 is 2.10 bits per heavy atom. The number of carbonyl (C=O) groups excluding carboxylic acids is 1. The summed E-state index contributed by atoms with van der Waals surface area (Å²) in [6.45, 7) is 2.47. The van der Waals surface area contributed by atoms with Crippen molar-refractivity contribution in [3.8, 4) is 5.75 Å². The Kier molecular flexibility index (Phi) is 4.71. The van der Waals surface area contributed by atoms with E-state index in [0.717, 1.165) is 17.9 Å². The Balaban J connectivity index is 1.98. The van der Waals surface area contributed by atoms with Crippen LogP contribution >= 0.6 is 0 Å². The highest BCUT2D eigenvalue weighted by atomic mass is 16.5. The SMILES string of the molecule is CCc1cccc(OCc2ccc(C(=O)OC)cn2)c1. The van der Waals surface area contributed by atoms with Gasteiger partial charge in [0, 0.05) is 6.20 Å². The molecule has 0 atom stereocenters. The number of methoxy groups -OCH3 is 1. The molecule has 104 valence electrons. The molecule has 0 saturated heterocycles. The maximum absolute atomic E-state index is 11.3. The average Bonchev–Trinajstić information content (AvgIpc) is 2.53. The van der Waals surface area contributed by atoms with Crippen molar-refractivity contribution in [3.63, 3.8) is 0 Å². The molecular weight excluding hydrogens is 254 g/mol. The highest BCUT2D eigenvalue weighted by Crippen LogP contribution is 2.15. The fourth-order valence-electron chi connectivity index (χ4n) is 1.76. The number of pyridine rings is 1. The second-order valence-corrected chi connectivity index (χ2v) is 4.32. The van der Waals surface area contributed by atoms with Gasteiger partial charge in [-0.3, -0.25) is 4.98 Å². The van der Waals surface area contributed by atoms with Crippen LogP contribution in [0.5, 0.6) is 5.75 Å². The molecule has 0 aliphatic carbocycles. The van der Waals surface area contributed by atoms with E-state index in [9.17, 15) is 4.79 Å². The van der Waals surface area contributed by atoms with Gasteiger partial charge in [-0.05, 0) is 36.2 Å². The zero-order chi connectivity index (χ0) is 14.4. The van der Waals surface area contributed by atoms with Crippen molar-refractivity contribution >= 4 is 5.97 Å². The number of rotatable bonds is 5. The van der Waals surface area contributed by atoms with Crippen LogP contribution in [0.15, 0.2) is 42.6 Å². The van der Waals surface area contributed by atoms with Gasteiger partial charge in [-0.25, -0.2) is 4.79 Å². The van der Waals surface area contributed by atoms with Gasteiger partial charge in [0.05, 0.1) is 18.4 Å². The molecule has 0 unspecified atom stereocenters. The molecule has 4 nitrogen and oxygen atoms in total. The molecule has 0 radical (unpaired) electrons.